The van der Waals surface area contributed by atoms with Crippen LogP contribution in [0.1, 0.15) is 5.56 Å². The summed E-state index contributed by atoms with van der Waals surface area (Å²) in [6, 6.07) is 20.0. The molecule has 0 atom stereocenters. The monoisotopic (exact) mass is 483 g/mol. The Kier molecular flexibility index (Phi) is 7.51. The standard InChI is InChI=1S/C23H21N3O3S3/c1-28-19-11-10-17(12-20(19)29-2)24-21(27)14-31-23-26-25-22(32-23)30-13-16-8-5-7-15-6-3-4-9-18(15)16/h3-12H,13-14H2,1-2H3,(H,24,27). The van der Waals surface area contributed by atoms with E-state index in [4.69, 9.17) is 9.47 Å². The van der Waals surface area contributed by atoms with Crippen LogP contribution >= 0.6 is 34.9 Å². The van der Waals surface area contributed by atoms with Crippen LogP contribution in [-0.2, 0) is 10.5 Å². The van der Waals surface area contributed by atoms with E-state index in [1.165, 1.54) is 39.4 Å². The molecule has 32 heavy (non-hydrogen) atoms. The number of anilines is 1. The van der Waals surface area contributed by atoms with Crippen molar-refractivity contribution in [2.75, 3.05) is 25.3 Å². The molecule has 0 unspecified atom stereocenters. The van der Waals surface area contributed by atoms with E-state index in [-0.39, 0.29) is 11.7 Å². The number of carbonyl (C=O) groups excluding carboxylic acids is 1. The third kappa shape index (κ3) is 5.53. The van der Waals surface area contributed by atoms with Crippen LogP contribution in [0.5, 0.6) is 11.5 Å². The van der Waals surface area contributed by atoms with Gasteiger partial charge in [-0.05, 0) is 28.5 Å². The number of hydrogen-bond donors (Lipinski definition) is 1. The summed E-state index contributed by atoms with van der Waals surface area (Å²) >= 11 is 4.54. The Morgan fingerprint density at radius 2 is 1.69 bits per heavy atom. The first-order valence-corrected chi connectivity index (χ1v) is 12.5. The zero-order valence-electron chi connectivity index (χ0n) is 17.5. The van der Waals surface area contributed by atoms with Crippen molar-refractivity contribution in [1.29, 1.82) is 0 Å². The lowest BCUT2D eigenvalue weighted by Crippen LogP contribution is -2.14. The first-order chi connectivity index (χ1) is 15.7. The van der Waals surface area contributed by atoms with Gasteiger partial charge in [-0.25, -0.2) is 0 Å². The van der Waals surface area contributed by atoms with E-state index >= 15 is 0 Å². The van der Waals surface area contributed by atoms with Crippen LogP contribution in [-0.4, -0.2) is 36.1 Å². The van der Waals surface area contributed by atoms with Gasteiger partial charge in [0.25, 0.3) is 0 Å². The summed E-state index contributed by atoms with van der Waals surface area (Å²) in [5.74, 6) is 2.12. The lowest BCUT2D eigenvalue weighted by Gasteiger charge is -2.10. The van der Waals surface area contributed by atoms with Gasteiger partial charge in [0.05, 0.1) is 20.0 Å². The summed E-state index contributed by atoms with van der Waals surface area (Å²) in [6.07, 6.45) is 0. The molecule has 1 heterocycles. The van der Waals surface area contributed by atoms with Gasteiger partial charge in [0, 0.05) is 17.5 Å². The largest absolute Gasteiger partial charge is 0.493 e. The fraction of sp³-hybridized carbons (Fsp3) is 0.174. The molecule has 4 rings (SSSR count). The molecule has 1 amide bonds. The minimum Gasteiger partial charge on any atom is -0.493 e. The lowest BCUT2D eigenvalue weighted by atomic mass is 10.1. The molecule has 0 aliphatic carbocycles. The van der Waals surface area contributed by atoms with Crippen molar-refractivity contribution in [2.24, 2.45) is 0 Å². The zero-order chi connectivity index (χ0) is 22.3. The maximum Gasteiger partial charge on any atom is 0.234 e. The predicted octanol–water partition coefficient (Wildman–Crippen LogP) is 5.73. The second-order valence-corrected chi connectivity index (χ2v) is 10.1. The van der Waals surface area contributed by atoms with Gasteiger partial charge in [-0.2, -0.15) is 0 Å². The van der Waals surface area contributed by atoms with E-state index < -0.39 is 0 Å². The third-order valence-electron chi connectivity index (χ3n) is 4.61. The number of nitrogens with zero attached hydrogens (tertiary/aromatic N) is 2. The second-order valence-electron chi connectivity index (χ2n) is 6.67. The Bertz CT molecular complexity index is 1220. The molecule has 1 aromatic heterocycles. The highest BCUT2D eigenvalue weighted by molar-refractivity contribution is 8.03. The minimum absolute atomic E-state index is 0.123. The summed E-state index contributed by atoms with van der Waals surface area (Å²) in [5, 5.41) is 13.8. The van der Waals surface area contributed by atoms with Crippen LogP contribution in [0.15, 0.2) is 69.3 Å². The molecule has 0 spiro atoms. The normalized spacial score (nSPS) is 10.8. The molecular formula is C23H21N3O3S3. The van der Waals surface area contributed by atoms with Crippen LogP contribution in [0, 0.1) is 0 Å². The van der Waals surface area contributed by atoms with E-state index in [1.807, 2.05) is 0 Å². The van der Waals surface area contributed by atoms with Crippen molar-refractivity contribution < 1.29 is 14.3 Å². The van der Waals surface area contributed by atoms with Gasteiger partial charge in [0.1, 0.15) is 0 Å². The molecule has 164 valence electrons. The number of nitrogens with one attached hydrogen (secondary N) is 1. The number of ether oxygens (including phenoxy) is 2. The number of thioether (sulfide) groups is 2. The van der Waals surface area contributed by atoms with Crippen molar-refractivity contribution in [3.05, 3.63) is 66.2 Å². The average Bonchev–Trinajstić information content (AvgIpc) is 3.29. The topological polar surface area (TPSA) is 73.3 Å². The Morgan fingerprint density at radius 1 is 0.938 bits per heavy atom. The molecule has 0 saturated heterocycles. The van der Waals surface area contributed by atoms with Crippen molar-refractivity contribution in [3.63, 3.8) is 0 Å². The van der Waals surface area contributed by atoms with Gasteiger partial charge in [-0.3, -0.25) is 4.79 Å². The molecule has 4 aromatic rings. The minimum atomic E-state index is -0.123. The number of amides is 1. The SMILES string of the molecule is COc1ccc(NC(=O)CSc2nnc(SCc3cccc4ccccc34)s2)cc1OC. The second kappa shape index (κ2) is 10.7. The van der Waals surface area contributed by atoms with Crippen LogP contribution in [0.3, 0.4) is 0 Å². The van der Waals surface area contributed by atoms with Crippen LogP contribution in [0.2, 0.25) is 0 Å². The maximum absolute atomic E-state index is 12.3. The molecule has 1 N–H and O–H groups in total. The lowest BCUT2D eigenvalue weighted by molar-refractivity contribution is -0.113. The first kappa shape index (κ1) is 22.4. The number of hydrogen-bond acceptors (Lipinski definition) is 8. The number of carbonyl (C=O) groups is 1. The number of fused-ring (bicyclic) bond motifs is 1. The first-order valence-electron chi connectivity index (χ1n) is 9.74. The molecule has 0 aliphatic rings. The molecule has 0 fully saturated rings. The quantitative estimate of drug-likeness (QED) is 0.305. The molecule has 9 heteroatoms. The summed E-state index contributed by atoms with van der Waals surface area (Å²) in [5.41, 5.74) is 1.92. The highest BCUT2D eigenvalue weighted by atomic mass is 32.2. The van der Waals surface area contributed by atoms with E-state index in [1.54, 1.807) is 44.2 Å². The van der Waals surface area contributed by atoms with Crippen molar-refractivity contribution >= 4 is 57.2 Å². The van der Waals surface area contributed by atoms with Crippen LogP contribution < -0.4 is 14.8 Å². The predicted molar refractivity (Wildman–Crippen MR) is 132 cm³/mol. The molecular weight excluding hydrogens is 462 g/mol. The number of methoxy groups -OCH3 is 2. The molecule has 0 bridgehead atoms. The summed E-state index contributed by atoms with van der Waals surface area (Å²) < 4.78 is 12.1. The summed E-state index contributed by atoms with van der Waals surface area (Å²) in [4.78, 5) is 12.3. The number of benzene rings is 3. The fourth-order valence-corrected chi connectivity index (χ4v) is 5.93. The Balaban J connectivity index is 1.30. The highest BCUT2D eigenvalue weighted by Crippen LogP contribution is 2.33. The van der Waals surface area contributed by atoms with E-state index in [0.29, 0.717) is 17.2 Å². The zero-order valence-corrected chi connectivity index (χ0v) is 20.0. The molecule has 0 radical (unpaired) electrons. The van der Waals surface area contributed by atoms with Gasteiger partial charge in [0.15, 0.2) is 20.2 Å². The molecule has 6 nitrogen and oxygen atoms in total. The molecule has 0 saturated carbocycles. The molecule has 3 aromatic carbocycles. The number of aromatic nitrogens is 2. The van der Waals surface area contributed by atoms with Crippen LogP contribution in [0.4, 0.5) is 5.69 Å². The van der Waals surface area contributed by atoms with Gasteiger partial charge in [-0.15, -0.1) is 10.2 Å². The van der Waals surface area contributed by atoms with Gasteiger partial charge in [-0.1, -0.05) is 77.3 Å². The van der Waals surface area contributed by atoms with Gasteiger partial charge >= 0.3 is 0 Å². The average molecular weight is 484 g/mol. The van der Waals surface area contributed by atoms with Crippen molar-refractivity contribution in [1.82, 2.24) is 10.2 Å². The van der Waals surface area contributed by atoms with Crippen molar-refractivity contribution in [2.45, 2.75) is 14.4 Å². The smallest absolute Gasteiger partial charge is 0.234 e. The summed E-state index contributed by atoms with van der Waals surface area (Å²) in [6.45, 7) is 0. The van der Waals surface area contributed by atoms with Gasteiger partial charge in [0.2, 0.25) is 5.91 Å². The van der Waals surface area contributed by atoms with Gasteiger partial charge < -0.3 is 14.8 Å². The van der Waals surface area contributed by atoms with E-state index in [2.05, 4.69) is 58.0 Å². The number of rotatable bonds is 9. The maximum atomic E-state index is 12.3. The third-order valence-corrected chi connectivity index (χ3v) is 7.85. The fourth-order valence-electron chi connectivity index (χ4n) is 3.11. The van der Waals surface area contributed by atoms with E-state index in [9.17, 15) is 4.79 Å². The Labute approximate surface area is 198 Å². The van der Waals surface area contributed by atoms with Crippen molar-refractivity contribution in [3.8, 4) is 11.5 Å². The Hall–Kier alpha value is -2.75. The summed E-state index contributed by atoms with van der Waals surface area (Å²) in [7, 11) is 3.13. The Morgan fingerprint density at radius 3 is 2.50 bits per heavy atom. The molecule has 0 aliphatic heterocycles. The van der Waals surface area contributed by atoms with Crippen LogP contribution in [0.25, 0.3) is 10.8 Å². The highest BCUT2D eigenvalue weighted by Gasteiger charge is 2.11. The van der Waals surface area contributed by atoms with E-state index in [0.717, 1.165) is 14.4 Å².